The van der Waals surface area contributed by atoms with Crippen molar-refractivity contribution < 1.29 is 40.0 Å². The molecule has 3 rings (SSSR count). The largest absolute Gasteiger partial charge is 0.497 e. The van der Waals surface area contributed by atoms with Gasteiger partial charge in [0.15, 0.2) is 0 Å². The smallest absolute Gasteiger partial charge is 0.416 e. The van der Waals surface area contributed by atoms with E-state index in [1.165, 1.54) is 26.4 Å². The zero-order chi connectivity index (χ0) is 28.1. The summed E-state index contributed by atoms with van der Waals surface area (Å²) in [5.74, 6) is 0.512. The molecule has 0 aliphatic carbocycles. The third-order valence-electron chi connectivity index (χ3n) is 5.89. The van der Waals surface area contributed by atoms with Crippen LogP contribution < -0.4 is 13.7 Å². The third-order valence-corrected chi connectivity index (χ3v) is 7.13. The number of benzene rings is 3. The first-order valence-corrected chi connectivity index (χ1v) is 13.0. The summed E-state index contributed by atoms with van der Waals surface area (Å²) in [6.45, 7) is 3.93. The van der Waals surface area contributed by atoms with E-state index in [-0.39, 0.29) is 24.2 Å². The molecule has 0 saturated heterocycles. The van der Waals surface area contributed by atoms with Gasteiger partial charge in [0, 0.05) is 24.2 Å². The number of hydrogen-bond donors (Lipinski definition) is 0. The van der Waals surface area contributed by atoms with Gasteiger partial charge in [0.25, 0.3) is 5.91 Å². The van der Waals surface area contributed by atoms with Crippen LogP contribution in [-0.2, 0) is 22.8 Å². The molecular weight excluding hydrogens is 523 g/mol. The molecule has 38 heavy (non-hydrogen) atoms. The number of methoxy groups -OCH3 is 2. The molecule has 0 fully saturated rings. The molecule has 0 N–H and O–H groups in total. The van der Waals surface area contributed by atoms with Gasteiger partial charge in [-0.3, -0.25) is 4.79 Å². The van der Waals surface area contributed by atoms with Gasteiger partial charge >= 0.3 is 16.3 Å². The first kappa shape index (κ1) is 28.8. The molecule has 0 heterocycles. The standard InChI is InChI=1S/C27H28F3NO6S/c1-5-18(2)31(26(32)20-13-23(35-3)16-24(14-20)36-4)17-19-8-6-10-22(12-19)37-38(33,34)25-11-7-9-21(15-25)27(28,29)30/h6-16,18H,5,17H2,1-4H3. The highest BCUT2D eigenvalue weighted by Crippen LogP contribution is 2.31. The molecule has 1 atom stereocenters. The molecule has 0 radical (unpaired) electrons. The van der Waals surface area contributed by atoms with E-state index in [0.717, 1.165) is 18.2 Å². The number of ether oxygens (including phenoxy) is 2. The summed E-state index contributed by atoms with van der Waals surface area (Å²) in [7, 11) is -1.58. The van der Waals surface area contributed by atoms with Crippen LogP contribution in [0.2, 0.25) is 0 Å². The second-order valence-electron chi connectivity index (χ2n) is 8.50. The van der Waals surface area contributed by atoms with Crippen molar-refractivity contribution >= 4 is 16.0 Å². The van der Waals surface area contributed by atoms with Crippen molar-refractivity contribution in [3.63, 3.8) is 0 Å². The molecule has 0 aliphatic heterocycles. The molecule has 0 aromatic heterocycles. The van der Waals surface area contributed by atoms with Gasteiger partial charge < -0.3 is 18.6 Å². The molecule has 3 aromatic rings. The molecule has 0 bridgehead atoms. The van der Waals surface area contributed by atoms with Gasteiger partial charge in [-0.05, 0) is 61.4 Å². The number of halogens is 3. The fraction of sp³-hybridized carbons (Fsp3) is 0.296. The minimum absolute atomic E-state index is 0.0977. The second-order valence-corrected chi connectivity index (χ2v) is 10.0. The van der Waals surface area contributed by atoms with Crippen LogP contribution in [0.25, 0.3) is 0 Å². The van der Waals surface area contributed by atoms with E-state index in [1.54, 1.807) is 35.2 Å². The molecule has 0 spiro atoms. The molecule has 7 nitrogen and oxygen atoms in total. The first-order valence-electron chi connectivity index (χ1n) is 11.6. The van der Waals surface area contributed by atoms with Crippen molar-refractivity contribution in [1.29, 1.82) is 0 Å². The van der Waals surface area contributed by atoms with E-state index in [0.29, 0.717) is 35.1 Å². The summed E-state index contributed by atoms with van der Waals surface area (Å²) in [6.07, 6.45) is -4.06. The number of alkyl halides is 3. The van der Waals surface area contributed by atoms with Gasteiger partial charge in [-0.2, -0.15) is 21.6 Å². The Balaban J connectivity index is 1.88. The van der Waals surface area contributed by atoms with Crippen molar-refractivity contribution in [2.24, 2.45) is 0 Å². The summed E-state index contributed by atoms with van der Waals surface area (Å²) in [5, 5.41) is 0. The van der Waals surface area contributed by atoms with Gasteiger partial charge in [0.2, 0.25) is 0 Å². The van der Waals surface area contributed by atoms with Gasteiger partial charge in [0.1, 0.15) is 22.1 Å². The Morgan fingerprint density at radius 3 is 2.13 bits per heavy atom. The van der Waals surface area contributed by atoms with Gasteiger partial charge in [0.05, 0.1) is 19.8 Å². The Hall–Kier alpha value is -3.73. The van der Waals surface area contributed by atoms with Crippen LogP contribution >= 0.6 is 0 Å². The zero-order valence-corrected chi connectivity index (χ0v) is 22.1. The Morgan fingerprint density at radius 2 is 1.55 bits per heavy atom. The number of carbonyl (C=O) groups excluding carboxylic acids is 1. The molecular formula is C27H28F3NO6S. The lowest BCUT2D eigenvalue weighted by Crippen LogP contribution is -2.37. The molecule has 204 valence electrons. The second kappa shape index (κ2) is 11.8. The summed E-state index contributed by atoms with van der Waals surface area (Å²) in [6, 6.07) is 14.0. The predicted molar refractivity (Wildman–Crippen MR) is 135 cm³/mol. The number of rotatable bonds is 10. The molecule has 0 aliphatic rings. The fourth-order valence-electron chi connectivity index (χ4n) is 3.64. The van der Waals surface area contributed by atoms with Crippen molar-refractivity contribution in [3.8, 4) is 17.2 Å². The van der Waals surface area contributed by atoms with Crippen LogP contribution in [0.1, 0.15) is 41.8 Å². The van der Waals surface area contributed by atoms with Crippen molar-refractivity contribution in [2.45, 2.75) is 43.9 Å². The Bertz CT molecular complexity index is 1370. The minimum Gasteiger partial charge on any atom is -0.497 e. The minimum atomic E-state index is -4.70. The summed E-state index contributed by atoms with van der Waals surface area (Å²) >= 11 is 0. The number of hydrogen-bond acceptors (Lipinski definition) is 6. The highest BCUT2D eigenvalue weighted by Gasteiger charge is 2.32. The third kappa shape index (κ3) is 6.97. The van der Waals surface area contributed by atoms with Crippen molar-refractivity contribution in [2.75, 3.05) is 14.2 Å². The van der Waals surface area contributed by atoms with Crippen LogP contribution in [0.3, 0.4) is 0 Å². The number of carbonyl (C=O) groups is 1. The average Bonchev–Trinajstić information content (AvgIpc) is 2.90. The van der Waals surface area contributed by atoms with Gasteiger partial charge in [-0.15, -0.1) is 0 Å². The maximum Gasteiger partial charge on any atom is 0.416 e. The Kier molecular flexibility index (Phi) is 8.93. The zero-order valence-electron chi connectivity index (χ0n) is 21.3. The Labute approximate surface area is 219 Å². The van der Waals surface area contributed by atoms with E-state index >= 15 is 0 Å². The topological polar surface area (TPSA) is 82.1 Å². The Morgan fingerprint density at radius 1 is 0.921 bits per heavy atom. The number of amides is 1. The van der Waals surface area contributed by atoms with Crippen LogP contribution in [0.5, 0.6) is 17.2 Å². The summed E-state index contributed by atoms with van der Waals surface area (Å²) in [4.78, 5) is 14.5. The monoisotopic (exact) mass is 551 g/mol. The maximum absolute atomic E-state index is 13.5. The quantitative estimate of drug-likeness (QED) is 0.291. The van der Waals surface area contributed by atoms with Gasteiger partial charge in [-0.1, -0.05) is 25.1 Å². The summed E-state index contributed by atoms with van der Waals surface area (Å²) in [5.41, 5.74) is -0.195. The first-order chi connectivity index (χ1) is 17.9. The van der Waals surface area contributed by atoms with Crippen LogP contribution in [-0.4, -0.2) is 39.5 Å². The van der Waals surface area contributed by atoms with E-state index in [2.05, 4.69) is 0 Å². The lowest BCUT2D eigenvalue weighted by atomic mass is 10.1. The lowest BCUT2D eigenvalue weighted by molar-refractivity contribution is -0.137. The van der Waals surface area contributed by atoms with Crippen LogP contribution in [0.4, 0.5) is 13.2 Å². The molecule has 1 amide bonds. The molecule has 1 unspecified atom stereocenters. The molecule has 11 heteroatoms. The maximum atomic E-state index is 13.5. The predicted octanol–water partition coefficient (Wildman–Crippen LogP) is 5.93. The van der Waals surface area contributed by atoms with E-state index < -0.39 is 26.8 Å². The summed E-state index contributed by atoms with van der Waals surface area (Å²) < 4.78 is 80.2. The SMILES string of the molecule is CCC(C)N(Cc1cccc(OS(=O)(=O)c2cccc(C(F)(F)F)c2)c1)C(=O)c1cc(OC)cc(OC)c1. The normalized spacial score (nSPS) is 12.5. The van der Waals surface area contributed by atoms with E-state index in [9.17, 15) is 26.4 Å². The van der Waals surface area contributed by atoms with E-state index in [1.807, 2.05) is 13.8 Å². The average molecular weight is 552 g/mol. The lowest BCUT2D eigenvalue weighted by Gasteiger charge is -2.29. The van der Waals surface area contributed by atoms with Crippen molar-refractivity contribution in [1.82, 2.24) is 4.90 Å². The fourth-order valence-corrected chi connectivity index (χ4v) is 4.61. The number of nitrogens with zero attached hydrogens (tertiary/aromatic N) is 1. The van der Waals surface area contributed by atoms with Crippen LogP contribution in [0, 0.1) is 0 Å². The highest BCUT2D eigenvalue weighted by atomic mass is 32.2. The van der Waals surface area contributed by atoms with Gasteiger partial charge in [-0.25, -0.2) is 0 Å². The van der Waals surface area contributed by atoms with Crippen molar-refractivity contribution in [3.05, 3.63) is 83.4 Å². The van der Waals surface area contributed by atoms with Crippen LogP contribution in [0.15, 0.2) is 71.6 Å². The molecule has 3 aromatic carbocycles. The highest BCUT2D eigenvalue weighted by molar-refractivity contribution is 7.87. The molecule has 0 saturated carbocycles. The van der Waals surface area contributed by atoms with E-state index in [4.69, 9.17) is 13.7 Å².